The predicted molar refractivity (Wildman–Crippen MR) is 74.9 cm³/mol. The van der Waals surface area contributed by atoms with Crippen molar-refractivity contribution in [1.82, 2.24) is 10.2 Å². The van der Waals surface area contributed by atoms with E-state index in [4.69, 9.17) is 0 Å². The van der Waals surface area contributed by atoms with Crippen LogP contribution in [0.4, 0.5) is 0 Å². The van der Waals surface area contributed by atoms with Crippen LogP contribution in [0.3, 0.4) is 0 Å². The summed E-state index contributed by atoms with van der Waals surface area (Å²) in [7, 11) is 0. The number of thioether (sulfide) groups is 1. The molecule has 0 radical (unpaired) electrons. The number of imide groups is 2. The van der Waals surface area contributed by atoms with E-state index in [-0.39, 0.29) is 18.7 Å². The van der Waals surface area contributed by atoms with Gasteiger partial charge in [-0.1, -0.05) is 0 Å². The van der Waals surface area contributed by atoms with Gasteiger partial charge < -0.3 is 0 Å². The number of hydrogen-bond acceptors (Lipinski definition) is 5. The molecule has 1 N–H and O–H groups in total. The van der Waals surface area contributed by atoms with Crippen LogP contribution in [0.5, 0.6) is 0 Å². The molecule has 4 amide bonds. The highest BCUT2D eigenvalue weighted by atomic mass is 32.2. The van der Waals surface area contributed by atoms with Gasteiger partial charge in [0.25, 0.3) is 11.8 Å². The third-order valence-electron chi connectivity index (χ3n) is 3.65. The van der Waals surface area contributed by atoms with Gasteiger partial charge in [0.2, 0.25) is 11.8 Å². The fourth-order valence-electron chi connectivity index (χ4n) is 2.58. The van der Waals surface area contributed by atoms with E-state index >= 15 is 0 Å². The van der Waals surface area contributed by atoms with Crippen molar-refractivity contribution in [2.24, 2.45) is 0 Å². The Bertz CT molecular complexity index is 686. The molecule has 6 nitrogen and oxygen atoms in total. The predicted octanol–water partition coefficient (Wildman–Crippen LogP) is 0.810. The van der Waals surface area contributed by atoms with Crippen molar-refractivity contribution in [2.75, 3.05) is 6.26 Å². The van der Waals surface area contributed by atoms with Gasteiger partial charge in [-0.3, -0.25) is 29.4 Å². The molecule has 0 bridgehead atoms. The zero-order chi connectivity index (χ0) is 15.1. The van der Waals surface area contributed by atoms with Gasteiger partial charge in [-0.15, -0.1) is 11.8 Å². The number of carbonyl (C=O) groups excluding carboxylic acids is 4. The number of nitrogens with zero attached hydrogens (tertiary/aromatic N) is 1. The van der Waals surface area contributed by atoms with Gasteiger partial charge in [-0.2, -0.15) is 0 Å². The van der Waals surface area contributed by atoms with Gasteiger partial charge in [-0.25, -0.2) is 0 Å². The molecule has 108 valence electrons. The van der Waals surface area contributed by atoms with Crippen LogP contribution in [0, 0.1) is 0 Å². The van der Waals surface area contributed by atoms with Crippen molar-refractivity contribution in [1.29, 1.82) is 0 Å². The normalized spacial score (nSPS) is 21.6. The van der Waals surface area contributed by atoms with E-state index in [1.54, 1.807) is 18.2 Å². The van der Waals surface area contributed by atoms with Gasteiger partial charge in [0, 0.05) is 11.3 Å². The number of amides is 4. The molecule has 1 saturated heterocycles. The van der Waals surface area contributed by atoms with E-state index in [1.165, 1.54) is 11.8 Å². The van der Waals surface area contributed by atoms with Crippen LogP contribution < -0.4 is 5.32 Å². The average molecular weight is 304 g/mol. The fraction of sp³-hybridized carbons (Fsp3) is 0.286. The van der Waals surface area contributed by atoms with E-state index in [0.29, 0.717) is 11.1 Å². The minimum Gasteiger partial charge on any atom is -0.295 e. The van der Waals surface area contributed by atoms with E-state index in [0.717, 1.165) is 9.80 Å². The Labute approximate surface area is 124 Å². The Hall–Kier alpha value is -2.15. The lowest BCUT2D eigenvalue weighted by Crippen LogP contribution is -2.54. The summed E-state index contributed by atoms with van der Waals surface area (Å²) in [6.45, 7) is 0. The first-order valence-corrected chi connectivity index (χ1v) is 7.65. The van der Waals surface area contributed by atoms with Crippen molar-refractivity contribution in [3.8, 4) is 0 Å². The largest absolute Gasteiger partial charge is 0.295 e. The first-order chi connectivity index (χ1) is 10.0. The maximum absolute atomic E-state index is 12.4. The molecule has 3 rings (SSSR count). The zero-order valence-electron chi connectivity index (χ0n) is 11.2. The minimum absolute atomic E-state index is 0.125. The maximum Gasteiger partial charge on any atom is 0.262 e. The Morgan fingerprint density at radius 1 is 1.14 bits per heavy atom. The Kier molecular flexibility index (Phi) is 3.29. The van der Waals surface area contributed by atoms with Gasteiger partial charge >= 0.3 is 0 Å². The van der Waals surface area contributed by atoms with Crippen molar-refractivity contribution in [3.63, 3.8) is 0 Å². The molecular weight excluding hydrogens is 292 g/mol. The topological polar surface area (TPSA) is 83.6 Å². The number of rotatable bonds is 2. The first kappa shape index (κ1) is 13.8. The number of carbonyl (C=O) groups is 4. The monoisotopic (exact) mass is 304 g/mol. The van der Waals surface area contributed by atoms with Crippen molar-refractivity contribution in [2.45, 2.75) is 23.8 Å². The van der Waals surface area contributed by atoms with Crippen LogP contribution in [0.15, 0.2) is 23.1 Å². The summed E-state index contributed by atoms with van der Waals surface area (Å²) < 4.78 is 0. The van der Waals surface area contributed by atoms with Gasteiger partial charge in [0.05, 0.1) is 11.1 Å². The Morgan fingerprint density at radius 2 is 1.86 bits per heavy atom. The quantitative estimate of drug-likeness (QED) is 0.646. The van der Waals surface area contributed by atoms with Crippen LogP contribution in [0.2, 0.25) is 0 Å². The molecule has 7 heteroatoms. The maximum atomic E-state index is 12.4. The highest BCUT2D eigenvalue weighted by Crippen LogP contribution is 2.30. The molecule has 2 aliphatic heterocycles. The third-order valence-corrected chi connectivity index (χ3v) is 4.37. The Morgan fingerprint density at radius 3 is 2.52 bits per heavy atom. The molecule has 2 aliphatic rings. The lowest BCUT2D eigenvalue weighted by molar-refractivity contribution is -0.136. The SMILES string of the molecule is CSc1ccc2c(c1)C(=O)N([C@@H]1CCC(=O)NC1=O)C2=O. The lowest BCUT2D eigenvalue weighted by atomic mass is 10.0. The smallest absolute Gasteiger partial charge is 0.262 e. The summed E-state index contributed by atoms with van der Waals surface area (Å²) in [4.78, 5) is 49.7. The second-order valence-electron chi connectivity index (χ2n) is 4.86. The van der Waals surface area contributed by atoms with Gasteiger partial charge in [0.1, 0.15) is 6.04 Å². The van der Waals surface area contributed by atoms with Crippen LogP contribution in [0.25, 0.3) is 0 Å². The van der Waals surface area contributed by atoms with E-state index in [2.05, 4.69) is 5.32 Å². The number of fused-ring (bicyclic) bond motifs is 1. The van der Waals surface area contributed by atoms with Crippen LogP contribution >= 0.6 is 11.8 Å². The summed E-state index contributed by atoms with van der Waals surface area (Å²) in [5.41, 5.74) is 0.624. The summed E-state index contributed by atoms with van der Waals surface area (Å²) in [5.74, 6) is -1.92. The molecule has 0 unspecified atom stereocenters. The number of benzene rings is 1. The van der Waals surface area contributed by atoms with Crippen molar-refractivity contribution < 1.29 is 19.2 Å². The van der Waals surface area contributed by atoms with E-state index in [1.807, 2.05) is 6.26 Å². The van der Waals surface area contributed by atoms with Crippen molar-refractivity contribution >= 4 is 35.4 Å². The molecule has 1 atom stereocenters. The second kappa shape index (κ2) is 5.00. The molecular formula is C14H12N2O4S. The summed E-state index contributed by atoms with van der Waals surface area (Å²) in [5, 5.41) is 2.17. The highest BCUT2D eigenvalue weighted by Gasteiger charge is 2.44. The third kappa shape index (κ3) is 2.13. The minimum atomic E-state index is -0.909. The molecule has 0 saturated carbocycles. The standard InChI is InChI=1S/C14H12N2O4S/c1-21-7-2-3-8-9(6-7)14(20)16(13(8)19)10-4-5-11(17)15-12(10)18/h2-3,6,10H,4-5H2,1H3,(H,15,17,18)/t10-/m1/s1. The Balaban J connectivity index is 1.96. The van der Waals surface area contributed by atoms with Crippen LogP contribution in [-0.2, 0) is 9.59 Å². The highest BCUT2D eigenvalue weighted by molar-refractivity contribution is 7.98. The second-order valence-corrected chi connectivity index (χ2v) is 5.74. The molecule has 1 fully saturated rings. The molecule has 21 heavy (non-hydrogen) atoms. The molecule has 1 aromatic rings. The van der Waals surface area contributed by atoms with E-state index in [9.17, 15) is 19.2 Å². The summed E-state index contributed by atoms with van der Waals surface area (Å²) in [6, 6.07) is 4.12. The lowest BCUT2D eigenvalue weighted by Gasteiger charge is -2.27. The average Bonchev–Trinajstić information content (AvgIpc) is 2.71. The first-order valence-electron chi connectivity index (χ1n) is 6.42. The van der Waals surface area contributed by atoms with Crippen molar-refractivity contribution in [3.05, 3.63) is 29.3 Å². The van der Waals surface area contributed by atoms with Crippen LogP contribution in [0.1, 0.15) is 33.6 Å². The van der Waals surface area contributed by atoms with Gasteiger partial charge in [-0.05, 0) is 30.9 Å². The number of nitrogens with one attached hydrogen (secondary N) is 1. The van der Waals surface area contributed by atoms with E-state index < -0.39 is 23.8 Å². The van der Waals surface area contributed by atoms with Gasteiger partial charge in [0.15, 0.2) is 0 Å². The fourth-order valence-corrected chi connectivity index (χ4v) is 3.02. The molecule has 0 spiro atoms. The number of hydrogen-bond donors (Lipinski definition) is 1. The van der Waals surface area contributed by atoms with Crippen LogP contribution in [-0.4, -0.2) is 40.8 Å². The zero-order valence-corrected chi connectivity index (χ0v) is 12.0. The summed E-state index contributed by atoms with van der Waals surface area (Å²) >= 11 is 1.47. The molecule has 0 aromatic heterocycles. The molecule has 0 aliphatic carbocycles. The number of piperidine rings is 1. The summed E-state index contributed by atoms with van der Waals surface area (Å²) in [6.07, 6.45) is 2.17. The molecule has 2 heterocycles. The molecule has 1 aromatic carbocycles.